The summed E-state index contributed by atoms with van der Waals surface area (Å²) in [6.45, 7) is 2.12. The third kappa shape index (κ3) is 3.00. The summed E-state index contributed by atoms with van der Waals surface area (Å²) in [5.74, 6) is -0.198. The molecule has 3 aromatic rings. The van der Waals surface area contributed by atoms with E-state index in [0.29, 0.717) is 18.5 Å². The Morgan fingerprint density at radius 3 is 2.74 bits per heavy atom. The molecule has 0 aliphatic carbocycles. The van der Waals surface area contributed by atoms with E-state index in [-0.39, 0.29) is 11.7 Å². The van der Waals surface area contributed by atoms with E-state index in [1.807, 2.05) is 36.4 Å². The van der Waals surface area contributed by atoms with Crippen LogP contribution in [0.2, 0.25) is 0 Å². The number of pyridine rings is 1. The molecule has 0 bridgehead atoms. The lowest BCUT2D eigenvalue weighted by molar-refractivity contribution is -0.115. The van der Waals surface area contributed by atoms with E-state index in [1.54, 1.807) is 12.3 Å². The van der Waals surface area contributed by atoms with Gasteiger partial charge in [-0.1, -0.05) is 24.3 Å². The number of anilines is 1. The lowest BCUT2D eigenvalue weighted by atomic mass is 10.00. The molecular weight excluding hydrogens is 341 g/mol. The first kappa shape index (κ1) is 16.1. The van der Waals surface area contributed by atoms with Gasteiger partial charge in [-0.05, 0) is 46.5 Å². The Morgan fingerprint density at radius 1 is 1.04 bits per heavy atom. The Bertz CT molecular complexity index is 1040. The lowest BCUT2D eigenvalue weighted by Gasteiger charge is -2.15. The van der Waals surface area contributed by atoms with E-state index in [2.05, 4.69) is 21.3 Å². The number of nitrogens with one attached hydrogen (secondary N) is 1. The van der Waals surface area contributed by atoms with Gasteiger partial charge in [0.15, 0.2) is 0 Å². The third-order valence-electron chi connectivity index (χ3n) is 5.26. The van der Waals surface area contributed by atoms with Gasteiger partial charge >= 0.3 is 0 Å². The van der Waals surface area contributed by atoms with Crippen molar-refractivity contribution in [2.45, 2.75) is 26.1 Å². The number of aromatic nitrogens is 1. The predicted octanol–water partition coefficient (Wildman–Crippen LogP) is 3.90. The minimum absolute atomic E-state index is 0.00442. The first-order valence-corrected chi connectivity index (χ1v) is 9.02. The number of carbonyl (C=O) groups excluding carboxylic acids is 1. The molecule has 2 aromatic carbocycles. The van der Waals surface area contributed by atoms with Crippen LogP contribution in [0.1, 0.15) is 22.4 Å². The van der Waals surface area contributed by atoms with Crippen LogP contribution in [-0.4, -0.2) is 15.8 Å². The third-order valence-corrected chi connectivity index (χ3v) is 5.26. The molecule has 134 valence electrons. The Kier molecular flexibility index (Phi) is 3.76. The van der Waals surface area contributed by atoms with Gasteiger partial charge < -0.3 is 5.32 Å². The van der Waals surface area contributed by atoms with E-state index >= 15 is 0 Å². The van der Waals surface area contributed by atoms with Gasteiger partial charge in [-0.3, -0.25) is 14.7 Å². The highest BCUT2D eigenvalue weighted by atomic mass is 19.1. The van der Waals surface area contributed by atoms with Crippen molar-refractivity contribution in [2.75, 3.05) is 5.32 Å². The SMILES string of the molecule is O=C1Cc2cc(-c3ccc(CN4Cc5cccnc5C4)c(F)c3)ccc2N1. The van der Waals surface area contributed by atoms with E-state index in [1.165, 1.54) is 5.56 Å². The van der Waals surface area contributed by atoms with Gasteiger partial charge in [0.2, 0.25) is 5.91 Å². The maximum Gasteiger partial charge on any atom is 0.228 e. The van der Waals surface area contributed by atoms with Crippen molar-refractivity contribution in [1.82, 2.24) is 9.88 Å². The highest BCUT2D eigenvalue weighted by Crippen LogP contribution is 2.30. The Morgan fingerprint density at radius 2 is 1.89 bits per heavy atom. The number of carbonyl (C=O) groups is 1. The molecule has 0 fully saturated rings. The molecule has 0 spiro atoms. The van der Waals surface area contributed by atoms with E-state index in [9.17, 15) is 9.18 Å². The van der Waals surface area contributed by atoms with Gasteiger partial charge in [0.25, 0.3) is 0 Å². The molecule has 0 unspecified atom stereocenters. The lowest BCUT2D eigenvalue weighted by Crippen LogP contribution is -2.16. The van der Waals surface area contributed by atoms with Crippen LogP contribution in [0.25, 0.3) is 11.1 Å². The molecule has 0 saturated heterocycles. The fourth-order valence-corrected chi connectivity index (χ4v) is 3.88. The predicted molar refractivity (Wildman–Crippen MR) is 101 cm³/mol. The van der Waals surface area contributed by atoms with Crippen LogP contribution in [0.15, 0.2) is 54.7 Å². The highest BCUT2D eigenvalue weighted by molar-refractivity contribution is 5.99. The van der Waals surface area contributed by atoms with Gasteiger partial charge in [0.1, 0.15) is 5.82 Å². The smallest absolute Gasteiger partial charge is 0.228 e. The molecule has 0 saturated carbocycles. The van der Waals surface area contributed by atoms with Crippen molar-refractivity contribution >= 4 is 11.6 Å². The summed E-state index contributed by atoms with van der Waals surface area (Å²) in [5, 5.41) is 2.82. The zero-order valence-electron chi connectivity index (χ0n) is 14.7. The van der Waals surface area contributed by atoms with Gasteiger partial charge in [0, 0.05) is 37.1 Å². The summed E-state index contributed by atoms with van der Waals surface area (Å²) >= 11 is 0. The summed E-state index contributed by atoms with van der Waals surface area (Å²) in [7, 11) is 0. The van der Waals surface area contributed by atoms with E-state index < -0.39 is 0 Å². The van der Waals surface area contributed by atoms with Crippen molar-refractivity contribution in [3.8, 4) is 11.1 Å². The van der Waals surface area contributed by atoms with Crippen LogP contribution < -0.4 is 5.32 Å². The molecule has 2 aliphatic rings. The molecule has 0 radical (unpaired) electrons. The molecule has 4 nitrogen and oxygen atoms in total. The molecule has 2 aliphatic heterocycles. The molecule has 0 atom stereocenters. The Hall–Kier alpha value is -3.05. The molecule has 5 rings (SSSR count). The number of fused-ring (bicyclic) bond motifs is 2. The van der Waals surface area contributed by atoms with Crippen molar-refractivity contribution in [1.29, 1.82) is 0 Å². The number of hydrogen-bond donors (Lipinski definition) is 1. The van der Waals surface area contributed by atoms with E-state index in [0.717, 1.165) is 41.2 Å². The Balaban J connectivity index is 1.36. The van der Waals surface area contributed by atoms with Crippen LogP contribution in [-0.2, 0) is 30.8 Å². The summed E-state index contributed by atoms with van der Waals surface area (Å²) in [4.78, 5) is 18.1. The number of halogens is 1. The molecule has 5 heteroatoms. The quantitative estimate of drug-likeness (QED) is 0.771. The van der Waals surface area contributed by atoms with Crippen LogP contribution in [0, 0.1) is 5.82 Å². The van der Waals surface area contributed by atoms with Crippen molar-refractivity contribution in [2.24, 2.45) is 0 Å². The van der Waals surface area contributed by atoms with Gasteiger partial charge in [0.05, 0.1) is 12.1 Å². The number of amides is 1. The zero-order chi connectivity index (χ0) is 18.4. The monoisotopic (exact) mass is 359 g/mol. The van der Waals surface area contributed by atoms with E-state index in [4.69, 9.17) is 0 Å². The van der Waals surface area contributed by atoms with Gasteiger partial charge in [-0.2, -0.15) is 0 Å². The van der Waals surface area contributed by atoms with Crippen molar-refractivity contribution in [3.63, 3.8) is 0 Å². The number of hydrogen-bond acceptors (Lipinski definition) is 3. The second kappa shape index (κ2) is 6.28. The fraction of sp³-hybridized carbons (Fsp3) is 0.182. The topological polar surface area (TPSA) is 45.2 Å². The minimum atomic E-state index is -0.203. The van der Waals surface area contributed by atoms with Crippen LogP contribution in [0.5, 0.6) is 0 Å². The van der Waals surface area contributed by atoms with Gasteiger partial charge in [-0.25, -0.2) is 4.39 Å². The number of nitrogens with zero attached hydrogens (tertiary/aromatic N) is 2. The summed E-state index contributed by atoms with van der Waals surface area (Å²) < 4.78 is 14.7. The highest BCUT2D eigenvalue weighted by Gasteiger charge is 2.21. The molecule has 1 aromatic heterocycles. The van der Waals surface area contributed by atoms with Crippen LogP contribution in [0.3, 0.4) is 0 Å². The second-order valence-electron chi connectivity index (χ2n) is 7.16. The maximum absolute atomic E-state index is 14.7. The first-order valence-electron chi connectivity index (χ1n) is 9.02. The fourth-order valence-electron chi connectivity index (χ4n) is 3.88. The standard InChI is InChI=1S/C22H18FN3O/c23-19-9-15(14-5-6-20-18(8-14)10-22(27)25-20)3-4-16(19)11-26-12-17-2-1-7-24-21(17)13-26/h1-9H,10-13H2,(H,25,27). The second-order valence-corrected chi connectivity index (χ2v) is 7.16. The average molecular weight is 359 g/mol. The molecule has 1 amide bonds. The first-order chi connectivity index (χ1) is 13.2. The van der Waals surface area contributed by atoms with Crippen LogP contribution >= 0.6 is 0 Å². The summed E-state index contributed by atoms with van der Waals surface area (Å²) in [6.07, 6.45) is 2.19. The van der Waals surface area contributed by atoms with Crippen LogP contribution in [0.4, 0.5) is 10.1 Å². The largest absolute Gasteiger partial charge is 0.326 e. The maximum atomic E-state index is 14.7. The van der Waals surface area contributed by atoms with Crippen molar-refractivity contribution in [3.05, 3.63) is 82.9 Å². The molecule has 1 N–H and O–H groups in total. The number of rotatable bonds is 3. The summed E-state index contributed by atoms with van der Waals surface area (Å²) in [6, 6.07) is 15.2. The van der Waals surface area contributed by atoms with Crippen molar-refractivity contribution < 1.29 is 9.18 Å². The normalized spacial score (nSPS) is 15.5. The summed E-state index contributed by atoms with van der Waals surface area (Å²) in [5.41, 5.74) is 6.54. The molecule has 3 heterocycles. The Labute approximate surface area is 156 Å². The van der Waals surface area contributed by atoms with Gasteiger partial charge in [-0.15, -0.1) is 0 Å². The zero-order valence-corrected chi connectivity index (χ0v) is 14.7. The number of benzene rings is 2. The average Bonchev–Trinajstić information content (AvgIpc) is 3.24. The molecular formula is C22H18FN3O. The minimum Gasteiger partial charge on any atom is -0.326 e. The molecule has 27 heavy (non-hydrogen) atoms.